The number of carbonyl (C=O) groups excluding carboxylic acids is 1. The van der Waals surface area contributed by atoms with Crippen molar-refractivity contribution < 1.29 is 14.3 Å². The van der Waals surface area contributed by atoms with E-state index in [0.717, 1.165) is 23.0 Å². The van der Waals surface area contributed by atoms with E-state index in [9.17, 15) is 4.79 Å². The molecule has 2 rings (SSSR count). The van der Waals surface area contributed by atoms with Gasteiger partial charge >= 0.3 is 5.97 Å². The molecular formula is C14H17BrClNO3. The van der Waals surface area contributed by atoms with E-state index in [1.54, 1.807) is 13.2 Å². The van der Waals surface area contributed by atoms with Crippen molar-refractivity contribution in [2.45, 2.75) is 18.4 Å². The molecule has 1 aromatic rings. The first-order chi connectivity index (χ1) is 9.53. The fraction of sp³-hybridized carbons (Fsp3) is 0.500. The van der Waals surface area contributed by atoms with E-state index < -0.39 is 5.54 Å². The van der Waals surface area contributed by atoms with Gasteiger partial charge in [-0.3, -0.25) is 0 Å². The van der Waals surface area contributed by atoms with Crippen LogP contribution in [0.4, 0.5) is 5.69 Å². The minimum atomic E-state index is -0.837. The van der Waals surface area contributed by atoms with Crippen molar-refractivity contribution >= 4 is 39.2 Å². The van der Waals surface area contributed by atoms with Gasteiger partial charge in [-0.05, 0) is 52.9 Å². The molecule has 1 aliphatic rings. The van der Waals surface area contributed by atoms with Crippen LogP contribution in [-0.2, 0) is 14.3 Å². The normalized spacial score (nSPS) is 17.4. The lowest BCUT2D eigenvalue weighted by Crippen LogP contribution is -2.53. The number of rotatable bonds is 6. The summed E-state index contributed by atoms with van der Waals surface area (Å²) in [6.07, 6.45) is 1.97. The van der Waals surface area contributed by atoms with Gasteiger partial charge in [-0.25, -0.2) is 4.79 Å². The molecule has 0 radical (unpaired) electrons. The first-order valence-corrected chi connectivity index (χ1v) is 7.51. The first-order valence-electron chi connectivity index (χ1n) is 6.34. The molecule has 6 heteroatoms. The van der Waals surface area contributed by atoms with E-state index >= 15 is 0 Å². The second-order valence-corrected chi connectivity index (χ2v) is 6.19. The zero-order valence-electron chi connectivity index (χ0n) is 11.4. The molecule has 1 aliphatic carbocycles. The molecule has 20 heavy (non-hydrogen) atoms. The Balaban J connectivity index is 2.30. The summed E-state index contributed by atoms with van der Waals surface area (Å²) in [5.74, 6) is -0.0720. The fourth-order valence-electron chi connectivity index (χ4n) is 2.35. The largest absolute Gasteiger partial charge is 0.467 e. The second-order valence-electron chi connectivity index (χ2n) is 4.92. The van der Waals surface area contributed by atoms with Crippen LogP contribution in [0.1, 0.15) is 12.8 Å². The minimum absolute atomic E-state index is 0.226. The lowest BCUT2D eigenvalue weighted by atomic mass is 9.93. The molecule has 1 aromatic carbocycles. The van der Waals surface area contributed by atoms with E-state index in [1.165, 1.54) is 7.11 Å². The Kier molecular flexibility index (Phi) is 4.94. The molecule has 0 aromatic heterocycles. The van der Waals surface area contributed by atoms with Crippen LogP contribution in [-0.4, -0.2) is 32.3 Å². The molecule has 0 spiro atoms. The number of methoxy groups -OCH3 is 2. The van der Waals surface area contributed by atoms with Crippen molar-refractivity contribution in [1.82, 2.24) is 0 Å². The van der Waals surface area contributed by atoms with Crippen LogP contribution in [0.5, 0.6) is 0 Å². The topological polar surface area (TPSA) is 47.6 Å². The number of halogens is 2. The minimum Gasteiger partial charge on any atom is -0.467 e. The van der Waals surface area contributed by atoms with Gasteiger partial charge in [0.1, 0.15) is 0 Å². The van der Waals surface area contributed by atoms with Crippen molar-refractivity contribution in [3.63, 3.8) is 0 Å². The lowest BCUT2D eigenvalue weighted by Gasteiger charge is -2.32. The van der Waals surface area contributed by atoms with E-state index in [-0.39, 0.29) is 18.5 Å². The van der Waals surface area contributed by atoms with Crippen LogP contribution in [0, 0.1) is 5.92 Å². The van der Waals surface area contributed by atoms with Crippen molar-refractivity contribution in [3.8, 4) is 0 Å². The summed E-state index contributed by atoms with van der Waals surface area (Å²) < 4.78 is 11.0. The molecule has 0 aliphatic heterocycles. The Hall–Kier alpha value is -0.780. The lowest BCUT2D eigenvalue weighted by molar-refractivity contribution is -0.149. The maximum atomic E-state index is 12.3. The van der Waals surface area contributed by atoms with Crippen molar-refractivity contribution in [1.29, 1.82) is 0 Å². The molecule has 1 unspecified atom stereocenters. The monoisotopic (exact) mass is 361 g/mol. The highest BCUT2D eigenvalue weighted by atomic mass is 79.9. The van der Waals surface area contributed by atoms with E-state index in [2.05, 4.69) is 21.2 Å². The van der Waals surface area contributed by atoms with Gasteiger partial charge in [0.2, 0.25) is 0 Å². The SMILES string of the molecule is COCC(Nc1ccc(Cl)c(Br)c1)(C(=O)OC)C1CC1. The van der Waals surface area contributed by atoms with Gasteiger partial charge in [0.25, 0.3) is 0 Å². The number of anilines is 1. The Morgan fingerprint density at radius 1 is 1.50 bits per heavy atom. The van der Waals surface area contributed by atoms with Crippen LogP contribution in [0.2, 0.25) is 5.02 Å². The van der Waals surface area contributed by atoms with Gasteiger partial charge < -0.3 is 14.8 Å². The summed E-state index contributed by atoms with van der Waals surface area (Å²) in [4.78, 5) is 12.3. The van der Waals surface area contributed by atoms with Crippen LogP contribution < -0.4 is 5.32 Å². The Labute approximate surface area is 131 Å². The summed E-state index contributed by atoms with van der Waals surface area (Å²) >= 11 is 9.37. The van der Waals surface area contributed by atoms with Gasteiger partial charge in [-0.15, -0.1) is 0 Å². The van der Waals surface area contributed by atoms with Crippen LogP contribution in [0.15, 0.2) is 22.7 Å². The zero-order chi connectivity index (χ0) is 14.8. The summed E-state index contributed by atoms with van der Waals surface area (Å²) in [6.45, 7) is 0.268. The van der Waals surface area contributed by atoms with Crippen molar-refractivity contribution in [2.24, 2.45) is 5.92 Å². The second kappa shape index (κ2) is 6.33. The third kappa shape index (κ3) is 3.10. The molecular weight excluding hydrogens is 346 g/mol. The smallest absolute Gasteiger partial charge is 0.334 e. The number of ether oxygens (including phenoxy) is 2. The number of benzene rings is 1. The number of esters is 1. The van der Waals surface area contributed by atoms with Crippen LogP contribution >= 0.6 is 27.5 Å². The summed E-state index contributed by atoms with van der Waals surface area (Å²) in [5.41, 5.74) is -0.0350. The zero-order valence-corrected chi connectivity index (χ0v) is 13.8. The number of carbonyl (C=O) groups is 1. The predicted molar refractivity (Wildman–Crippen MR) is 82.1 cm³/mol. The van der Waals surface area contributed by atoms with Gasteiger partial charge in [0.15, 0.2) is 5.54 Å². The molecule has 1 atom stereocenters. The van der Waals surface area contributed by atoms with E-state index in [1.807, 2.05) is 12.1 Å². The summed E-state index contributed by atoms with van der Waals surface area (Å²) in [6, 6.07) is 5.45. The average molecular weight is 363 g/mol. The van der Waals surface area contributed by atoms with Crippen molar-refractivity contribution in [2.75, 3.05) is 26.1 Å². The number of hydrogen-bond donors (Lipinski definition) is 1. The quantitative estimate of drug-likeness (QED) is 0.787. The van der Waals surface area contributed by atoms with Gasteiger partial charge in [0, 0.05) is 17.3 Å². The highest BCUT2D eigenvalue weighted by molar-refractivity contribution is 9.10. The number of hydrogen-bond acceptors (Lipinski definition) is 4. The fourth-order valence-corrected chi connectivity index (χ4v) is 2.85. The van der Waals surface area contributed by atoms with Gasteiger partial charge in [-0.2, -0.15) is 0 Å². The molecule has 0 amide bonds. The van der Waals surface area contributed by atoms with Gasteiger partial charge in [0.05, 0.1) is 18.7 Å². The average Bonchev–Trinajstić information content (AvgIpc) is 3.26. The third-order valence-electron chi connectivity index (χ3n) is 3.48. The first kappa shape index (κ1) is 15.6. The molecule has 1 N–H and O–H groups in total. The Bertz CT molecular complexity index is 507. The van der Waals surface area contributed by atoms with E-state index in [4.69, 9.17) is 21.1 Å². The van der Waals surface area contributed by atoms with Crippen LogP contribution in [0.25, 0.3) is 0 Å². The van der Waals surface area contributed by atoms with E-state index in [0.29, 0.717) is 5.02 Å². The molecule has 110 valence electrons. The molecule has 1 fully saturated rings. The standard InChI is InChI=1S/C14H17BrClNO3/c1-19-8-14(9-3-4-9,13(18)20-2)17-10-5-6-12(16)11(15)7-10/h5-7,9,17H,3-4,8H2,1-2H3. The highest BCUT2D eigenvalue weighted by Crippen LogP contribution is 2.43. The molecule has 4 nitrogen and oxygen atoms in total. The van der Waals surface area contributed by atoms with Gasteiger partial charge in [-0.1, -0.05) is 11.6 Å². The summed E-state index contributed by atoms with van der Waals surface area (Å²) in [7, 11) is 2.98. The van der Waals surface area contributed by atoms with Crippen molar-refractivity contribution in [3.05, 3.63) is 27.7 Å². The number of nitrogens with one attached hydrogen (secondary N) is 1. The maximum absolute atomic E-state index is 12.3. The third-order valence-corrected chi connectivity index (χ3v) is 4.70. The molecule has 1 saturated carbocycles. The Morgan fingerprint density at radius 3 is 2.70 bits per heavy atom. The molecule has 0 saturated heterocycles. The highest BCUT2D eigenvalue weighted by Gasteiger charge is 2.52. The maximum Gasteiger partial charge on any atom is 0.334 e. The molecule has 0 heterocycles. The van der Waals surface area contributed by atoms with Crippen LogP contribution in [0.3, 0.4) is 0 Å². The Morgan fingerprint density at radius 2 is 2.20 bits per heavy atom. The molecule has 0 bridgehead atoms. The summed E-state index contributed by atoms with van der Waals surface area (Å²) in [5, 5.41) is 3.91. The predicted octanol–water partition coefficient (Wildman–Crippen LogP) is 3.48.